The second-order valence-corrected chi connectivity index (χ2v) is 6.54. The lowest BCUT2D eigenvalue weighted by molar-refractivity contribution is -0.136. The first-order valence-corrected chi connectivity index (χ1v) is 8.56. The van der Waals surface area contributed by atoms with Crippen molar-refractivity contribution in [3.8, 4) is 0 Å². The average molecular weight is 346 g/mol. The number of likely N-dealkylation sites (tertiary alicyclic amines) is 1. The molecule has 0 saturated carbocycles. The van der Waals surface area contributed by atoms with E-state index < -0.39 is 0 Å². The number of rotatable bonds is 5. The van der Waals surface area contributed by atoms with Crippen LogP contribution < -0.4 is 0 Å². The summed E-state index contributed by atoms with van der Waals surface area (Å²) >= 11 is 0. The number of hydrogen-bond acceptors (Lipinski definition) is 5. The number of halogens is 1. The topological polar surface area (TPSA) is 62.5 Å². The van der Waals surface area contributed by atoms with Crippen molar-refractivity contribution in [2.45, 2.75) is 38.8 Å². The van der Waals surface area contributed by atoms with Crippen LogP contribution in [0.25, 0.3) is 0 Å². The number of benzene rings is 1. The summed E-state index contributed by atoms with van der Waals surface area (Å²) < 4.78 is 19.1. The van der Waals surface area contributed by atoms with Gasteiger partial charge in [0.1, 0.15) is 11.9 Å². The molecule has 2 aromatic rings. The molecule has 3 rings (SSSR count). The summed E-state index contributed by atoms with van der Waals surface area (Å²) in [5.74, 6) is 0.824. The van der Waals surface area contributed by atoms with Crippen LogP contribution >= 0.6 is 0 Å². The Morgan fingerprint density at radius 2 is 2.20 bits per heavy atom. The van der Waals surface area contributed by atoms with Gasteiger partial charge in [-0.05, 0) is 39.3 Å². The molecule has 1 saturated heterocycles. The zero-order valence-corrected chi connectivity index (χ0v) is 14.6. The summed E-state index contributed by atoms with van der Waals surface area (Å²) in [6, 6.07) is 6.47. The molecule has 1 amide bonds. The van der Waals surface area contributed by atoms with Crippen molar-refractivity contribution in [1.82, 2.24) is 19.9 Å². The molecular formula is C18H23FN4O2. The quantitative estimate of drug-likeness (QED) is 0.833. The van der Waals surface area contributed by atoms with E-state index in [9.17, 15) is 9.18 Å². The SMILES string of the molecule is Cc1noc(C2CCCCN2C(=O)CN(C)Cc2ccccc2F)n1. The highest BCUT2D eigenvalue weighted by Crippen LogP contribution is 2.30. The van der Waals surface area contributed by atoms with Gasteiger partial charge in [-0.3, -0.25) is 9.69 Å². The molecule has 1 aliphatic heterocycles. The summed E-state index contributed by atoms with van der Waals surface area (Å²) in [5, 5.41) is 3.84. The molecule has 1 aromatic heterocycles. The number of piperidine rings is 1. The Balaban J connectivity index is 1.65. The highest BCUT2D eigenvalue weighted by Gasteiger charge is 2.32. The van der Waals surface area contributed by atoms with Gasteiger partial charge in [0.15, 0.2) is 5.82 Å². The number of hydrogen-bond donors (Lipinski definition) is 0. The van der Waals surface area contributed by atoms with Gasteiger partial charge in [0.2, 0.25) is 11.8 Å². The maximum absolute atomic E-state index is 13.8. The lowest BCUT2D eigenvalue weighted by Gasteiger charge is -2.34. The molecule has 1 unspecified atom stereocenters. The van der Waals surface area contributed by atoms with Crippen LogP contribution in [0.4, 0.5) is 4.39 Å². The number of aryl methyl sites for hydroxylation is 1. The fourth-order valence-corrected chi connectivity index (χ4v) is 3.23. The van der Waals surface area contributed by atoms with E-state index in [2.05, 4.69) is 10.1 Å². The van der Waals surface area contributed by atoms with Gasteiger partial charge in [0.25, 0.3) is 0 Å². The first-order chi connectivity index (χ1) is 12.0. The standard InChI is InChI=1S/C18H23FN4O2/c1-13-20-18(25-21-13)16-9-5-6-10-23(16)17(24)12-22(2)11-14-7-3-4-8-15(14)19/h3-4,7-8,16H,5-6,9-12H2,1-2H3. The summed E-state index contributed by atoms with van der Waals surface area (Å²) in [6.45, 7) is 3.05. The molecule has 1 aliphatic rings. The van der Waals surface area contributed by atoms with Crippen molar-refractivity contribution in [1.29, 1.82) is 0 Å². The van der Waals surface area contributed by atoms with Crippen molar-refractivity contribution in [2.24, 2.45) is 0 Å². The van der Waals surface area contributed by atoms with Gasteiger partial charge < -0.3 is 9.42 Å². The van der Waals surface area contributed by atoms with E-state index in [4.69, 9.17) is 4.52 Å². The van der Waals surface area contributed by atoms with Crippen LogP contribution in [0.1, 0.15) is 42.6 Å². The van der Waals surface area contributed by atoms with Crippen LogP contribution in [0, 0.1) is 12.7 Å². The summed E-state index contributed by atoms with van der Waals surface area (Å²) in [7, 11) is 1.82. The molecule has 0 radical (unpaired) electrons. The van der Waals surface area contributed by atoms with Gasteiger partial charge in [-0.15, -0.1) is 0 Å². The number of aromatic nitrogens is 2. The largest absolute Gasteiger partial charge is 0.337 e. The first kappa shape index (κ1) is 17.5. The van der Waals surface area contributed by atoms with Crippen LogP contribution in [0.5, 0.6) is 0 Å². The summed E-state index contributed by atoms with van der Waals surface area (Å²) in [6.07, 6.45) is 2.82. The molecule has 0 spiro atoms. The maximum atomic E-state index is 13.8. The maximum Gasteiger partial charge on any atom is 0.249 e. The second kappa shape index (κ2) is 7.74. The third-order valence-electron chi connectivity index (χ3n) is 4.45. The predicted molar refractivity (Wildman–Crippen MR) is 90.1 cm³/mol. The van der Waals surface area contributed by atoms with E-state index in [1.807, 2.05) is 16.8 Å². The highest BCUT2D eigenvalue weighted by atomic mass is 19.1. The third kappa shape index (κ3) is 4.22. The molecule has 2 heterocycles. The average Bonchev–Trinajstić information content (AvgIpc) is 3.03. The first-order valence-electron chi connectivity index (χ1n) is 8.56. The number of likely N-dealkylation sites (N-methyl/N-ethyl adjacent to an activating group) is 1. The van der Waals surface area contributed by atoms with Crippen molar-refractivity contribution in [3.05, 3.63) is 47.4 Å². The van der Waals surface area contributed by atoms with Gasteiger partial charge in [0, 0.05) is 18.7 Å². The molecule has 1 atom stereocenters. The Hall–Kier alpha value is -2.28. The Labute approximate surface area is 146 Å². The minimum atomic E-state index is -0.251. The molecule has 7 heteroatoms. The van der Waals surface area contributed by atoms with Crippen LogP contribution in [0.2, 0.25) is 0 Å². The second-order valence-electron chi connectivity index (χ2n) is 6.54. The Morgan fingerprint density at radius 3 is 2.92 bits per heavy atom. The number of carbonyl (C=O) groups excluding carboxylic acids is 1. The minimum absolute atomic E-state index is 0.000563. The fraction of sp³-hybridized carbons (Fsp3) is 0.500. The number of nitrogens with zero attached hydrogens (tertiary/aromatic N) is 4. The van der Waals surface area contributed by atoms with Gasteiger partial charge in [0.05, 0.1) is 6.54 Å². The zero-order valence-electron chi connectivity index (χ0n) is 14.6. The van der Waals surface area contributed by atoms with E-state index in [-0.39, 0.29) is 24.3 Å². The van der Waals surface area contributed by atoms with E-state index in [1.54, 1.807) is 25.1 Å². The zero-order chi connectivity index (χ0) is 17.8. The van der Waals surface area contributed by atoms with Gasteiger partial charge >= 0.3 is 0 Å². The molecule has 134 valence electrons. The van der Waals surface area contributed by atoms with E-state index in [1.165, 1.54) is 6.07 Å². The number of amides is 1. The normalized spacial score (nSPS) is 17.9. The Bertz CT molecular complexity index is 733. The lowest BCUT2D eigenvalue weighted by atomic mass is 10.0. The van der Waals surface area contributed by atoms with Gasteiger partial charge in [-0.25, -0.2) is 4.39 Å². The highest BCUT2D eigenvalue weighted by molar-refractivity contribution is 5.78. The van der Waals surface area contributed by atoms with Crippen molar-refractivity contribution < 1.29 is 13.7 Å². The summed E-state index contributed by atoms with van der Waals surface area (Å²) in [5.41, 5.74) is 0.584. The molecular weight excluding hydrogens is 323 g/mol. The third-order valence-corrected chi connectivity index (χ3v) is 4.45. The van der Waals surface area contributed by atoms with E-state index >= 15 is 0 Å². The molecule has 1 aromatic carbocycles. The van der Waals surface area contributed by atoms with Crippen LogP contribution in [-0.2, 0) is 11.3 Å². The van der Waals surface area contributed by atoms with E-state index in [0.29, 0.717) is 30.4 Å². The van der Waals surface area contributed by atoms with Crippen molar-refractivity contribution in [2.75, 3.05) is 20.1 Å². The van der Waals surface area contributed by atoms with Crippen LogP contribution in [0.15, 0.2) is 28.8 Å². The van der Waals surface area contributed by atoms with Crippen molar-refractivity contribution >= 4 is 5.91 Å². The van der Waals surface area contributed by atoms with Gasteiger partial charge in [-0.2, -0.15) is 4.98 Å². The van der Waals surface area contributed by atoms with Gasteiger partial charge in [-0.1, -0.05) is 23.4 Å². The summed E-state index contributed by atoms with van der Waals surface area (Å²) in [4.78, 5) is 20.7. The molecule has 0 aliphatic carbocycles. The van der Waals surface area contributed by atoms with Crippen LogP contribution in [0.3, 0.4) is 0 Å². The molecule has 6 nitrogen and oxygen atoms in total. The van der Waals surface area contributed by atoms with Crippen molar-refractivity contribution in [3.63, 3.8) is 0 Å². The predicted octanol–water partition coefficient (Wildman–Crippen LogP) is 2.70. The molecule has 1 fully saturated rings. The van der Waals surface area contributed by atoms with E-state index in [0.717, 1.165) is 19.3 Å². The Morgan fingerprint density at radius 1 is 1.40 bits per heavy atom. The molecule has 0 N–H and O–H groups in total. The Kier molecular flexibility index (Phi) is 5.43. The minimum Gasteiger partial charge on any atom is -0.337 e. The smallest absolute Gasteiger partial charge is 0.249 e. The lowest BCUT2D eigenvalue weighted by Crippen LogP contribution is -2.43. The molecule has 0 bridgehead atoms. The van der Waals surface area contributed by atoms with Crippen LogP contribution in [-0.4, -0.2) is 46.0 Å². The fourth-order valence-electron chi connectivity index (χ4n) is 3.23. The monoisotopic (exact) mass is 346 g/mol. The number of carbonyl (C=O) groups is 1. The molecule has 25 heavy (non-hydrogen) atoms.